The van der Waals surface area contributed by atoms with Gasteiger partial charge in [-0.2, -0.15) is 5.26 Å². The van der Waals surface area contributed by atoms with Crippen LogP contribution >= 0.6 is 0 Å². The van der Waals surface area contributed by atoms with E-state index in [-0.39, 0.29) is 6.42 Å². The van der Waals surface area contributed by atoms with E-state index in [1.54, 1.807) is 26.8 Å². The number of nitrogens with zero attached hydrogens (tertiary/aromatic N) is 1. The molecule has 0 aliphatic heterocycles. The number of aliphatic carboxylic acids is 1. The van der Waals surface area contributed by atoms with Gasteiger partial charge in [0.1, 0.15) is 11.7 Å². The van der Waals surface area contributed by atoms with Crippen molar-refractivity contribution in [3.8, 4) is 6.07 Å². The first-order chi connectivity index (χ1) is 10.2. The van der Waals surface area contributed by atoms with Crippen LogP contribution in [0.2, 0.25) is 0 Å². The largest absolute Gasteiger partial charge is 0.479 e. The third-order valence-corrected chi connectivity index (χ3v) is 2.67. The first-order valence-corrected chi connectivity index (χ1v) is 7.02. The van der Waals surface area contributed by atoms with E-state index in [0.29, 0.717) is 25.9 Å². The maximum absolute atomic E-state index is 11.7. The summed E-state index contributed by atoms with van der Waals surface area (Å²) in [6.45, 7) is 5.99. The van der Waals surface area contributed by atoms with Crippen molar-refractivity contribution in [1.29, 1.82) is 10.7 Å². The molecular formula is C14H24N4O4. The monoisotopic (exact) mass is 312 g/mol. The molecule has 0 heterocycles. The summed E-state index contributed by atoms with van der Waals surface area (Å²) in [5.41, 5.74) is -2.77. The zero-order valence-electron chi connectivity index (χ0n) is 13.2. The van der Waals surface area contributed by atoms with Crippen LogP contribution in [0.5, 0.6) is 0 Å². The Hall–Kier alpha value is -2.14. The first kappa shape index (κ1) is 19.9. The standard InChI is InChI=1S/C14H24N4O4/c1-13(2,3)22-12(21)18-14(10-16,11(19)20)6-4-5-8-17-9-7-15/h7,15,17H,4-6,8-9H2,1-3H3,(H,18,21)(H,19,20). The molecule has 8 nitrogen and oxygen atoms in total. The van der Waals surface area contributed by atoms with Gasteiger partial charge in [0.15, 0.2) is 0 Å². The van der Waals surface area contributed by atoms with Crippen LogP contribution in [0.15, 0.2) is 0 Å². The fourth-order valence-electron chi connectivity index (χ4n) is 1.65. The summed E-state index contributed by atoms with van der Waals surface area (Å²) >= 11 is 0. The highest BCUT2D eigenvalue weighted by atomic mass is 16.6. The van der Waals surface area contributed by atoms with Gasteiger partial charge in [0.05, 0.1) is 0 Å². The van der Waals surface area contributed by atoms with Crippen LogP contribution in [0.4, 0.5) is 4.79 Å². The van der Waals surface area contributed by atoms with Crippen molar-refractivity contribution >= 4 is 18.3 Å². The highest BCUT2D eigenvalue weighted by Gasteiger charge is 2.41. The fourth-order valence-corrected chi connectivity index (χ4v) is 1.65. The Labute approximate surface area is 130 Å². The summed E-state index contributed by atoms with van der Waals surface area (Å²) < 4.78 is 5.00. The Kier molecular flexibility index (Phi) is 8.12. The van der Waals surface area contributed by atoms with E-state index >= 15 is 0 Å². The molecule has 0 fully saturated rings. The maximum Gasteiger partial charge on any atom is 0.409 e. The molecule has 22 heavy (non-hydrogen) atoms. The number of carboxylic acids is 1. The molecule has 0 aliphatic rings. The van der Waals surface area contributed by atoms with Crippen molar-refractivity contribution in [3.63, 3.8) is 0 Å². The molecule has 0 aromatic heterocycles. The molecule has 1 unspecified atom stereocenters. The number of alkyl carbamates (subject to hydrolysis) is 1. The summed E-state index contributed by atoms with van der Waals surface area (Å²) in [7, 11) is 0. The van der Waals surface area contributed by atoms with Crippen molar-refractivity contribution in [1.82, 2.24) is 10.6 Å². The number of nitriles is 1. The number of hydrogen-bond acceptors (Lipinski definition) is 6. The molecule has 0 aromatic carbocycles. The molecule has 0 aromatic rings. The van der Waals surface area contributed by atoms with Gasteiger partial charge in [-0.15, -0.1) is 0 Å². The Morgan fingerprint density at radius 3 is 2.45 bits per heavy atom. The van der Waals surface area contributed by atoms with Crippen LogP contribution in [-0.4, -0.2) is 47.6 Å². The molecule has 0 bridgehead atoms. The number of rotatable bonds is 9. The van der Waals surface area contributed by atoms with Gasteiger partial charge in [-0.25, -0.2) is 9.59 Å². The number of carboxylic acid groups (broad SMARTS) is 1. The molecule has 8 heteroatoms. The lowest BCUT2D eigenvalue weighted by Gasteiger charge is -2.26. The van der Waals surface area contributed by atoms with Gasteiger partial charge in [-0.1, -0.05) is 0 Å². The van der Waals surface area contributed by atoms with Crippen LogP contribution in [0.3, 0.4) is 0 Å². The second kappa shape index (κ2) is 9.00. The third kappa shape index (κ3) is 7.59. The molecule has 0 saturated heterocycles. The van der Waals surface area contributed by atoms with Crippen molar-refractivity contribution in [2.45, 2.75) is 51.2 Å². The lowest BCUT2D eigenvalue weighted by molar-refractivity contribution is -0.142. The Morgan fingerprint density at radius 2 is 2.00 bits per heavy atom. The summed E-state index contributed by atoms with van der Waals surface area (Å²) in [6, 6.07) is 1.67. The minimum atomic E-state index is -2.00. The van der Waals surface area contributed by atoms with Gasteiger partial charge in [0, 0.05) is 12.8 Å². The highest BCUT2D eigenvalue weighted by molar-refractivity contribution is 5.87. The summed E-state index contributed by atoms with van der Waals surface area (Å²) in [5.74, 6) is -1.41. The van der Waals surface area contributed by atoms with Crippen molar-refractivity contribution in [2.24, 2.45) is 0 Å². The van der Waals surface area contributed by atoms with Crippen molar-refractivity contribution in [2.75, 3.05) is 13.1 Å². The van der Waals surface area contributed by atoms with Crippen molar-refractivity contribution < 1.29 is 19.4 Å². The molecule has 0 spiro atoms. The second-order valence-corrected chi connectivity index (χ2v) is 5.81. The van der Waals surface area contributed by atoms with E-state index in [0.717, 1.165) is 0 Å². The average Bonchev–Trinajstić information content (AvgIpc) is 2.38. The second-order valence-electron chi connectivity index (χ2n) is 5.81. The van der Waals surface area contributed by atoms with Crippen LogP contribution in [0.25, 0.3) is 0 Å². The quantitative estimate of drug-likeness (QED) is 0.374. The van der Waals surface area contributed by atoms with Gasteiger partial charge in [0.2, 0.25) is 5.54 Å². The van der Waals surface area contributed by atoms with E-state index in [1.165, 1.54) is 6.21 Å². The number of carbonyl (C=O) groups is 2. The summed E-state index contributed by atoms with van der Waals surface area (Å²) in [5, 5.41) is 30.4. The zero-order valence-corrected chi connectivity index (χ0v) is 13.2. The lowest BCUT2D eigenvalue weighted by atomic mass is 9.94. The van der Waals surface area contributed by atoms with Gasteiger partial charge in [-0.3, -0.25) is 5.32 Å². The predicted molar refractivity (Wildman–Crippen MR) is 80.9 cm³/mol. The number of ether oxygens (including phenoxy) is 1. The number of unbranched alkanes of at least 4 members (excludes halogenated alkanes) is 1. The van der Waals surface area contributed by atoms with Gasteiger partial charge >= 0.3 is 12.1 Å². The topological polar surface area (TPSA) is 135 Å². The fraction of sp³-hybridized carbons (Fsp3) is 0.714. The number of carbonyl (C=O) groups excluding carboxylic acids is 1. The van der Waals surface area contributed by atoms with Gasteiger partial charge in [-0.05, 0) is 46.6 Å². The van der Waals surface area contributed by atoms with Crippen LogP contribution in [0, 0.1) is 16.7 Å². The van der Waals surface area contributed by atoms with Crippen molar-refractivity contribution in [3.05, 3.63) is 0 Å². The van der Waals surface area contributed by atoms with E-state index in [2.05, 4.69) is 10.6 Å². The Bertz CT molecular complexity index is 439. The molecular weight excluding hydrogens is 288 g/mol. The van der Waals surface area contributed by atoms with Gasteiger partial charge < -0.3 is 20.6 Å². The third-order valence-electron chi connectivity index (χ3n) is 2.67. The van der Waals surface area contributed by atoms with Crippen LogP contribution < -0.4 is 10.6 Å². The summed E-state index contributed by atoms with van der Waals surface area (Å²) in [4.78, 5) is 23.1. The number of nitrogens with one attached hydrogen (secondary N) is 3. The molecule has 0 radical (unpaired) electrons. The van der Waals surface area contributed by atoms with E-state index in [1.807, 2.05) is 0 Å². The van der Waals surface area contributed by atoms with Crippen LogP contribution in [-0.2, 0) is 9.53 Å². The van der Waals surface area contributed by atoms with Crippen LogP contribution in [0.1, 0.15) is 40.0 Å². The molecule has 1 atom stereocenters. The Balaban J connectivity index is 4.61. The normalized spacial score (nSPS) is 13.5. The molecule has 124 valence electrons. The molecule has 1 amide bonds. The smallest absolute Gasteiger partial charge is 0.409 e. The number of amides is 1. The maximum atomic E-state index is 11.7. The average molecular weight is 312 g/mol. The minimum Gasteiger partial charge on any atom is -0.479 e. The SMILES string of the molecule is CC(C)(C)OC(=O)NC(C#N)(CCCCNCC=N)C(=O)O. The lowest BCUT2D eigenvalue weighted by Crippen LogP contribution is -2.54. The number of hydrogen-bond donors (Lipinski definition) is 4. The van der Waals surface area contributed by atoms with Gasteiger partial charge in [0.25, 0.3) is 0 Å². The molecule has 0 rings (SSSR count). The molecule has 0 aliphatic carbocycles. The molecule has 4 N–H and O–H groups in total. The predicted octanol–water partition coefficient (Wildman–Crippen LogP) is 1.27. The molecule has 0 saturated carbocycles. The highest BCUT2D eigenvalue weighted by Crippen LogP contribution is 2.16. The van der Waals surface area contributed by atoms with E-state index < -0.39 is 23.2 Å². The summed E-state index contributed by atoms with van der Waals surface area (Å²) in [6.07, 6.45) is 1.32. The van der Waals surface area contributed by atoms with E-state index in [4.69, 9.17) is 10.1 Å². The Morgan fingerprint density at radius 1 is 1.36 bits per heavy atom. The minimum absolute atomic E-state index is 0.0235. The van der Waals surface area contributed by atoms with E-state index in [9.17, 15) is 20.0 Å². The first-order valence-electron chi connectivity index (χ1n) is 7.02. The zero-order chi connectivity index (χ0) is 17.2.